The van der Waals surface area contributed by atoms with Crippen molar-refractivity contribution in [3.05, 3.63) is 134 Å². The van der Waals surface area contributed by atoms with Gasteiger partial charge in [0.05, 0.1) is 5.42 Å². The zero-order valence-corrected chi connectivity index (χ0v) is 19.7. The van der Waals surface area contributed by atoms with Crippen LogP contribution in [0.25, 0.3) is 0 Å². The number of nitrogens with one attached hydrogen (secondary N) is 2. The van der Waals surface area contributed by atoms with E-state index in [2.05, 4.69) is 144 Å². The molecular weight excluding hydrogens is 420 g/mol. The van der Waals surface area contributed by atoms with E-state index in [0.29, 0.717) is 0 Å². The van der Waals surface area contributed by atoms with Gasteiger partial charge >= 0.3 is 0 Å². The van der Waals surface area contributed by atoms with Gasteiger partial charge in [0.25, 0.3) is 0 Å². The van der Waals surface area contributed by atoms with Gasteiger partial charge in [-0.15, -0.1) is 0 Å². The molecule has 0 saturated carbocycles. The minimum absolute atomic E-state index is 1.15. The first kappa shape index (κ1) is 20.3. The first-order chi connectivity index (χ1) is 15.9. The minimum atomic E-state index is -1.19. The number of hydrogen-bond acceptors (Lipinski definition) is 2. The molecule has 5 rings (SSSR count). The van der Waals surface area contributed by atoms with Gasteiger partial charge < -0.3 is 10.6 Å². The van der Waals surface area contributed by atoms with Gasteiger partial charge in [-0.05, 0) is 26.8 Å². The van der Waals surface area contributed by atoms with Crippen LogP contribution < -0.4 is 31.4 Å². The SMILES string of the molecule is C1=CC(=[Si](c2ccccc2)c2ccccc2)NC(=[Si](c2ccccc2)c2ccccc2)N1. The van der Waals surface area contributed by atoms with Crippen molar-refractivity contribution in [3.8, 4) is 0 Å². The molecule has 0 atom stereocenters. The molecule has 0 spiro atoms. The summed E-state index contributed by atoms with van der Waals surface area (Å²) in [7, 11) is -2.34. The zero-order valence-electron chi connectivity index (χ0n) is 17.7. The zero-order chi connectivity index (χ0) is 21.6. The Morgan fingerprint density at radius 3 is 1.22 bits per heavy atom. The second kappa shape index (κ2) is 9.68. The second-order valence-electron chi connectivity index (χ2n) is 7.61. The van der Waals surface area contributed by atoms with Crippen molar-refractivity contribution in [2.24, 2.45) is 0 Å². The molecule has 0 fully saturated rings. The number of rotatable bonds is 4. The fourth-order valence-corrected chi connectivity index (χ4v) is 9.14. The lowest BCUT2D eigenvalue weighted by molar-refractivity contribution is 1.18. The molecule has 0 aliphatic carbocycles. The van der Waals surface area contributed by atoms with Gasteiger partial charge in [0.2, 0.25) is 0 Å². The Bertz CT molecular complexity index is 1200. The molecule has 4 aromatic carbocycles. The van der Waals surface area contributed by atoms with Crippen LogP contribution in [0.4, 0.5) is 0 Å². The summed E-state index contributed by atoms with van der Waals surface area (Å²) in [5, 5.41) is 14.2. The Kier molecular flexibility index (Phi) is 6.14. The van der Waals surface area contributed by atoms with E-state index in [1.54, 1.807) is 0 Å². The first-order valence-corrected chi connectivity index (χ1v) is 13.8. The average molecular weight is 445 g/mol. The van der Waals surface area contributed by atoms with Crippen LogP contribution in [0.15, 0.2) is 134 Å². The maximum Gasteiger partial charge on any atom is 0.132 e. The molecule has 32 heavy (non-hydrogen) atoms. The van der Waals surface area contributed by atoms with Crippen LogP contribution in [-0.2, 0) is 0 Å². The van der Waals surface area contributed by atoms with Crippen LogP contribution in [0.3, 0.4) is 0 Å². The van der Waals surface area contributed by atoms with Crippen LogP contribution in [0, 0.1) is 0 Å². The predicted molar refractivity (Wildman–Crippen MR) is 141 cm³/mol. The third-order valence-electron chi connectivity index (χ3n) is 5.51. The third-order valence-corrected chi connectivity index (χ3v) is 10.7. The molecule has 154 valence electrons. The van der Waals surface area contributed by atoms with E-state index >= 15 is 0 Å². The van der Waals surface area contributed by atoms with Crippen molar-refractivity contribution >= 4 is 48.3 Å². The van der Waals surface area contributed by atoms with E-state index in [0.717, 1.165) is 0 Å². The summed E-state index contributed by atoms with van der Waals surface area (Å²) in [6.45, 7) is 0. The highest BCUT2D eigenvalue weighted by molar-refractivity contribution is 6.96. The standard InChI is InChI=1S/C28H24N2Si2/c1-5-13-23(14-6-1)31(24-15-7-2-8-16-24)27-21-22-29-28(30-27)32(25-17-9-3-10-18-25)26-19-11-4-12-20-26/h1-22,29-30H. The highest BCUT2D eigenvalue weighted by atomic mass is 28.2. The molecule has 0 bridgehead atoms. The first-order valence-electron chi connectivity index (χ1n) is 10.8. The monoisotopic (exact) mass is 444 g/mol. The van der Waals surface area contributed by atoms with Crippen molar-refractivity contribution in [1.82, 2.24) is 10.6 Å². The van der Waals surface area contributed by atoms with E-state index in [1.807, 2.05) is 0 Å². The molecule has 2 nitrogen and oxygen atoms in total. The van der Waals surface area contributed by atoms with Gasteiger partial charge in [0.1, 0.15) is 16.8 Å². The molecule has 0 saturated heterocycles. The van der Waals surface area contributed by atoms with E-state index < -0.39 is 16.8 Å². The van der Waals surface area contributed by atoms with Crippen molar-refractivity contribution in [3.63, 3.8) is 0 Å². The van der Waals surface area contributed by atoms with Crippen LogP contribution in [0.1, 0.15) is 0 Å². The molecular formula is C28H24N2Si2. The number of hydrogen-bond donors (Lipinski definition) is 2. The highest BCUT2D eigenvalue weighted by Crippen LogP contribution is 1.95. The van der Waals surface area contributed by atoms with Gasteiger partial charge in [0, 0.05) is 11.5 Å². The van der Waals surface area contributed by atoms with Crippen molar-refractivity contribution in [2.75, 3.05) is 0 Å². The Morgan fingerprint density at radius 2 is 0.812 bits per heavy atom. The summed E-state index contributed by atoms with van der Waals surface area (Å²) in [6.07, 6.45) is 4.32. The summed E-state index contributed by atoms with van der Waals surface area (Å²) < 4.78 is 0. The van der Waals surface area contributed by atoms with Gasteiger partial charge in [-0.25, -0.2) is 0 Å². The van der Waals surface area contributed by atoms with E-state index in [4.69, 9.17) is 0 Å². The molecule has 0 aromatic heterocycles. The predicted octanol–water partition coefficient (Wildman–Crippen LogP) is 1.69. The molecule has 1 heterocycles. The van der Waals surface area contributed by atoms with E-state index in [9.17, 15) is 0 Å². The minimum Gasteiger partial charge on any atom is -0.352 e. The van der Waals surface area contributed by atoms with Gasteiger partial charge in [-0.1, -0.05) is 121 Å². The lowest BCUT2D eigenvalue weighted by atomic mass is 10.4. The van der Waals surface area contributed by atoms with Crippen LogP contribution in [-0.4, -0.2) is 27.5 Å². The number of benzene rings is 4. The summed E-state index contributed by atoms with van der Waals surface area (Å²) in [5.41, 5.74) is 1.19. The van der Waals surface area contributed by atoms with Gasteiger partial charge in [0.15, 0.2) is 0 Å². The topological polar surface area (TPSA) is 24.1 Å². The largest absolute Gasteiger partial charge is 0.352 e. The van der Waals surface area contributed by atoms with Crippen molar-refractivity contribution in [1.29, 1.82) is 0 Å². The van der Waals surface area contributed by atoms with Crippen molar-refractivity contribution in [2.45, 2.75) is 0 Å². The van der Waals surface area contributed by atoms with E-state index in [-0.39, 0.29) is 0 Å². The molecule has 2 N–H and O–H groups in total. The normalized spacial score (nSPS) is 12.6. The molecule has 1 aliphatic rings. The fourth-order valence-electron chi connectivity index (χ4n) is 4.05. The summed E-state index contributed by atoms with van der Waals surface area (Å²) >= 11 is 0. The Balaban J connectivity index is 1.70. The van der Waals surface area contributed by atoms with Gasteiger partial charge in [-0.3, -0.25) is 0 Å². The molecule has 0 unspecified atom stereocenters. The molecule has 4 heteroatoms. The summed E-state index contributed by atoms with van der Waals surface area (Å²) in [4.78, 5) is 0. The third kappa shape index (κ3) is 4.37. The van der Waals surface area contributed by atoms with Crippen LogP contribution in [0.2, 0.25) is 0 Å². The Labute approximate surface area is 192 Å². The van der Waals surface area contributed by atoms with Crippen LogP contribution in [0.5, 0.6) is 0 Å². The Morgan fingerprint density at radius 1 is 0.438 bits per heavy atom. The Hall–Kier alpha value is -3.61. The summed E-state index contributed by atoms with van der Waals surface area (Å²) in [5.74, 6) is 0. The lowest BCUT2D eigenvalue weighted by Crippen LogP contribution is -2.57. The molecule has 0 amide bonds. The second-order valence-corrected chi connectivity index (χ2v) is 12.5. The van der Waals surface area contributed by atoms with E-state index in [1.165, 1.54) is 31.5 Å². The maximum atomic E-state index is 3.87. The fraction of sp³-hybridized carbons (Fsp3) is 0. The molecule has 4 aromatic rings. The summed E-state index contributed by atoms with van der Waals surface area (Å²) in [6, 6.07) is 43.5. The quantitative estimate of drug-likeness (QED) is 0.468. The highest BCUT2D eigenvalue weighted by Gasteiger charge is 2.19. The molecule has 1 aliphatic heterocycles. The van der Waals surface area contributed by atoms with Crippen molar-refractivity contribution < 1.29 is 0 Å². The smallest absolute Gasteiger partial charge is 0.132 e. The maximum absolute atomic E-state index is 3.87. The van der Waals surface area contributed by atoms with Crippen LogP contribution >= 0.6 is 0 Å². The lowest BCUT2D eigenvalue weighted by Gasteiger charge is -2.24. The molecule has 0 radical (unpaired) electrons. The average Bonchev–Trinajstić information content (AvgIpc) is 2.87. The van der Waals surface area contributed by atoms with Gasteiger partial charge in [-0.2, -0.15) is 0 Å².